The second kappa shape index (κ2) is 13.8. The van der Waals surface area contributed by atoms with Crippen molar-refractivity contribution in [3.63, 3.8) is 0 Å². The summed E-state index contributed by atoms with van der Waals surface area (Å²) in [7, 11) is 0. The molecule has 172 valence electrons. The van der Waals surface area contributed by atoms with Crippen LogP contribution in [-0.2, 0) is 22.7 Å². The van der Waals surface area contributed by atoms with Gasteiger partial charge >= 0.3 is 35.5 Å². The van der Waals surface area contributed by atoms with Crippen LogP contribution in [0, 0.1) is 0 Å². The molecule has 3 rings (SSSR count). The van der Waals surface area contributed by atoms with Crippen LogP contribution in [0.3, 0.4) is 0 Å². The molecule has 0 amide bonds. The first kappa shape index (κ1) is 27.5. The van der Waals surface area contributed by atoms with Crippen molar-refractivity contribution in [2.24, 2.45) is 0 Å². The third kappa shape index (κ3) is 7.92. The monoisotopic (exact) mass is 490 g/mol. The number of ketones is 1. The van der Waals surface area contributed by atoms with Gasteiger partial charge in [-0.15, -0.1) is 0 Å². The van der Waals surface area contributed by atoms with E-state index >= 15 is 0 Å². The van der Waals surface area contributed by atoms with Gasteiger partial charge in [0.25, 0.3) is 0 Å². The van der Waals surface area contributed by atoms with E-state index in [1.165, 1.54) is 12.1 Å². The SMILES string of the molecule is CCOC(=O)C(O)=CC(=O)c1cc(Cl)c(OCc2ccccc2)cc1OCc1ccccc1.[NaH]. The van der Waals surface area contributed by atoms with Crippen molar-refractivity contribution in [3.8, 4) is 11.5 Å². The van der Waals surface area contributed by atoms with Crippen molar-refractivity contribution >= 4 is 52.9 Å². The first-order valence-electron chi connectivity index (χ1n) is 10.3. The molecule has 3 aromatic rings. The fourth-order valence-electron chi connectivity index (χ4n) is 2.89. The molecule has 0 saturated heterocycles. The van der Waals surface area contributed by atoms with Crippen LogP contribution in [-0.4, -0.2) is 53.0 Å². The Balaban J connectivity index is 0.00000408. The number of hydrogen-bond acceptors (Lipinski definition) is 6. The van der Waals surface area contributed by atoms with Crippen molar-refractivity contribution in [1.29, 1.82) is 0 Å². The van der Waals surface area contributed by atoms with E-state index in [1.54, 1.807) is 6.92 Å². The van der Waals surface area contributed by atoms with E-state index < -0.39 is 17.5 Å². The molecule has 3 aromatic carbocycles. The summed E-state index contributed by atoms with van der Waals surface area (Å²) in [6.07, 6.45) is 0.781. The molecule has 0 atom stereocenters. The molecule has 0 aromatic heterocycles. The third-order valence-corrected chi connectivity index (χ3v) is 4.82. The molecular weight excluding hydrogens is 467 g/mol. The van der Waals surface area contributed by atoms with Gasteiger partial charge < -0.3 is 19.3 Å². The van der Waals surface area contributed by atoms with Gasteiger partial charge in [0.15, 0.2) is 5.78 Å². The molecule has 0 aliphatic rings. The molecule has 0 unspecified atom stereocenters. The standard InChI is InChI=1S/C26H23ClO6.Na.H/c1-2-31-26(30)23(29)14-22(28)20-13-21(27)25(33-17-19-11-7-4-8-12-19)15-24(20)32-16-18-9-5-3-6-10-18;;/h3-15,29H,2,16-17H2,1H3;;. The predicted octanol–water partition coefficient (Wildman–Crippen LogP) is 5.04. The number of hydrogen-bond donors (Lipinski definition) is 1. The van der Waals surface area contributed by atoms with Crippen LogP contribution in [0.15, 0.2) is 84.6 Å². The molecule has 0 aliphatic carbocycles. The minimum atomic E-state index is -0.994. The molecule has 0 radical (unpaired) electrons. The summed E-state index contributed by atoms with van der Waals surface area (Å²) in [5.74, 6) is -1.94. The summed E-state index contributed by atoms with van der Waals surface area (Å²) >= 11 is 6.37. The Hall–Kier alpha value is -2.77. The number of aliphatic hydroxyl groups excluding tert-OH is 1. The number of aliphatic hydroxyl groups is 1. The van der Waals surface area contributed by atoms with Crippen molar-refractivity contribution in [2.75, 3.05) is 6.61 Å². The van der Waals surface area contributed by atoms with Gasteiger partial charge in [-0.1, -0.05) is 72.3 Å². The average molecular weight is 491 g/mol. The van der Waals surface area contributed by atoms with E-state index in [2.05, 4.69) is 0 Å². The summed E-state index contributed by atoms with van der Waals surface area (Å²) in [4.78, 5) is 24.5. The van der Waals surface area contributed by atoms with E-state index in [4.69, 9.17) is 25.8 Å². The Labute approximate surface area is 225 Å². The van der Waals surface area contributed by atoms with Gasteiger partial charge in [-0.05, 0) is 24.1 Å². The van der Waals surface area contributed by atoms with Crippen molar-refractivity contribution < 1.29 is 28.9 Å². The maximum atomic E-state index is 12.8. The van der Waals surface area contributed by atoms with Gasteiger partial charge in [0.05, 0.1) is 17.2 Å². The van der Waals surface area contributed by atoms with E-state index in [0.717, 1.165) is 17.2 Å². The summed E-state index contributed by atoms with van der Waals surface area (Å²) < 4.78 is 16.4. The normalized spacial score (nSPS) is 10.7. The summed E-state index contributed by atoms with van der Waals surface area (Å²) in [6.45, 7) is 2.12. The number of carbonyl (C=O) groups is 2. The molecular formula is C26H24ClNaO6. The summed E-state index contributed by atoms with van der Waals surface area (Å²) in [5, 5.41) is 10.1. The second-order valence-corrected chi connectivity index (χ2v) is 7.35. The van der Waals surface area contributed by atoms with Gasteiger partial charge in [0, 0.05) is 12.1 Å². The van der Waals surface area contributed by atoms with Gasteiger partial charge in [-0.25, -0.2) is 4.79 Å². The summed E-state index contributed by atoms with van der Waals surface area (Å²) in [6, 6.07) is 21.9. The Morgan fingerprint density at radius 1 is 0.882 bits per heavy atom. The first-order chi connectivity index (χ1) is 16.0. The number of halogens is 1. The number of carbonyl (C=O) groups excluding carboxylic acids is 2. The van der Waals surface area contributed by atoms with Crippen LogP contribution >= 0.6 is 11.6 Å². The second-order valence-electron chi connectivity index (χ2n) is 6.94. The third-order valence-electron chi connectivity index (χ3n) is 4.53. The number of ether oxygens (including phenoxy) is 3. The van der Waals surface area contributed by atoms with E-state index in [9.17, 15) is 14.7 Å². The van der Waals surface area contributed by atoms with Gasteiger partial charge in [0.2, 0.25) is 5.76 Å². The van der Waals surface area contributed by atoms with Crippen LogP contribution < -0.4 is 9.47 Å². The predicted molar refractivity (Wildman–Crippen MR) is 132 cm³/mol. The van der Waals surface area contributed by atoms with Crippen LogP contribution in [0.1, 0.15) is 28.4 Å². The Morgan fingerprint density at radius 2 is 1.41 bits per heavy atom. The number of rotatable bonds is 10. The molecule has 0 heterocycles. The van der Waals surface area contributed by atoms with Crippen LogP contribution in [0.5, 0.6) is 11.5 Å². The van der Waals surface area contributed by atoms with Crippen molar-refractivity contribution in [1.82, 2.24) is 0 Å². The van der Waals surface area contributed by atoms with Crippen molar-refractivity contribution in [2.45, 2.75) is 20.1 Å². The first-order valence-corrected chi connectivity index (χ1v) is 10.6. The molecule has 0 aliphatic heterocycles. The molecule has 0 bridgehead atoms. The Bertz CT molecular complexity index is 1130. The number of esters is 1. The summed E-state index contributed by atoms with van der Waals surface area (Å²) in [5.41, 5.74) is 1.91. The van der Waals surface area contributed by atoms with Gasteiger partial charge in [-0.3, -0.25) is 4.79 Å². The fraction of sp³-hybridized carbons (Fsp3) is 0.154. The molecule has 8 heteroatoms. The Kier molecular flexibility index (Phi) is 11.2. The molecule has 34 heavy (non-hydrogen) atoms. The zero-order valence-corrected chi connectivity index (χ0v) is 18.7. The minimum absolute atomic E-state index is 0. The van der Waals surface area contributed by atoms with E-state index in [0.29, 0.717) is 5.75 Å². The molecule has 0 spiro atoms. The van der Waals surface area contributed by atoms with E-state index in [1.807, 2.05) is 60.7 Å². The number of benzene rings is 3. The van der Waals surface area contributed by atoms with Crippen LogP contribution in [0.4, 0.5) is 0 Å². The molecule has 1 N–H and O–H groups in total. The van der Waals surface area contributed by atoms with Gasteiger partial charge in [-0.2, -0.15) is 0 Å². The fourth-order valence-corrected chi connectivity index (χ4v) is 3.11. The maximum absolute atomic E-state index is 12.8. The topological polar surface area (TPSA) is 82.1 Å². The van der Waals surface area contributed by atoms with Crippen molar-refractivity contribution in [3.05, 3.63) is 106 Å². The zero-order chi connectivity index (χ0) is 23.6. The van der Waals surface area contributed by atoms with E-state index in [-0.39, 0.29) is 65.7 Å². The average Bonchev–Trinajstić information content (AvgIpc) is 2.83. The van der Waals surface area contributed by atoms with Gasteiger partial charge in [0.1, 0.15) is 24.7 Å². The Morgan fingerprint density at radius 3 is 1.94 bits per heavy atom. The van der Waals surface area contributed by atoms with Crippen LogP contribution in [0.2, 0.25) is 5.02 Å². The number of allylic oxidation sites excluding steroid dienone is 1. The quantitative estimate of drug-likeness (QED) is 0.141. The molecule has 6 nitrogen and oxygen atoms in total. The van der Waals surface area contributed by atoms with Crippen LogP contribution in [0.25, 0.3) is 0 Å². The molecule has 0 saturated carbocycles. The molecule has 0 fully saturated rings. The zero-order valence-electron chi connectivity index (χ0n) is 18.0.